The van der Waals surface area contributed by atoms with Crippen LogP contribution in [0.1, 0.15) is 27.9 Å². The van der Waals surface area contributed by atoms with Crippen molar-refractivity contribution in [3.63, 3.8) is 0 Å². The molecule has 1 atom stereocenters. The van der Waals surface area contributed by atoms with Gasteiger partial charge in [-0.2, -0.15) is 22.1 Å². The van der Waals surface area contributed by atoms with Gasteiger partial charge in [-0.3, -0.25) is 0 Å². The molecule has 3 aromatic rings. The number of aromatic nitrogens is 4. The molecule has 6 heteroatoms. The molecular formula is C14H14N4OS. The highest BCUT2D eigenvalue weighted by Gasteiger charge is 2.15. The van der Waals surface area contributed by atoms with Crippen LogP contribution < -0.4 is 0 Å². The maximum Gasteiger partial charge on any atom is 0.255 e. The monoisotopic (exact) mass is 286 g/mol. The van der Waals surface area contributed by atoms with Crippen molar-refractivity contribution >= 4 is 18.4 Å². The van der Waals surface area contributed by atoms with E-state index in [9.17, 15) is 5.11 Å². The molecule has 0 saturated heterocycles. The molecule has 0 radical (unpaired) electrons. The van der Waals surface area contributed by atoms with E-state index in [4.69, 9.17) is 0 Å². The van der Waals surface area contributed by atoms with Gasteiger partial charge < -0.3 is 5.11 Å². The van der Waals surface area contributed by atoms with Gasteiger partial charge in [0.15, 0.2) is 0 Å². The lowest BCUT2D eigenvalue weighted by atomic mass is 10.1. The number of nitrogens with zero attached hydrogens (tertiary/aromatic N) is 4. The Hall–Kier alpha value is -2.08. The number of thiol groups is 1. The molecule has 20 heavy (non-hydrogen) atoms. The summed E-state index contributed by atoms with van der Waals surface area (Å²) in [7, 11) is 0. The zero-order chi connectivity index (χ0) is 14.3. The molecule has 1 unspecified atom stereocenters. The van der Waals surface area contributed by atoms with E-state index >= 15 is 0 Å². The van der Waals surface area contributed by atoms with E-state index in [1.165, 1.54) is 10.1 Å². The van der Waals surface area contributed by atoms with Crippen LogP contribution in [0.25, 0.3) is 5.78 Å². The lowest BCUT2D eigenvalue weighted by Crippen LogP contribution is -2.01. The zero-order valence-electron chi connectivity index (χ0n) is 11.1. The topological polar surface area (TPSA) is 63.3 Å². The van der Waals surface area contributed by atoms with Crippen molar-refractivity contribution in [3.05, 3.63) is 53.0 Å². The van der Waals surface area contributed by atoms with Crippen molar-refractivity contribution in [3.8, 4) is 5.88 Å². The number of rotatable bonds is 2. The third kappa shape index (κ3) is 2.22. The van der Waals surface area contributed by atoms with Gasteiger partial charge in [-0.15, -0.1) is 5.10 Å². The van der Waals surface area contributed by atoms with Crippen LogP contribution in [0, 0.1) is 13.8 Å². The minimum Gasteiger partial charge on any atom is -0.493 e. The normalized spacial score (nSPS) is 12.8. The standard InChI is InChI=1S/C14H14N4OS/c1-8-3-5-10(6-4-8)13(20)11-7-12(19)18-14(16-11)15-9(2)17-18/h3-7,13,19-20H,1-2H3. The molecule has 3 rings (SSSR count). The zero-order valence-corrected chi connectivity index (χ0v) is 12.0. The molecule has 0 amide bonds. The van der Waals surface area contributed by atoms with Gasteiger partial charge in [-0.25, -0.2) is 4.98 Å². The predicted molar refractivity (Wildman–Crippen MR) is 79.2 cm³/mol. The summed E-state index contributed by atoms with van der Waals surface area (Å²) in [4.78, 5) is 8.58. The van der Waals surface area contributed by atoms with E-state index in [1.54, 1.807) is 13.0 Å². The van der Waals surface area contributed by atoms with Crippen molar-refractivity contribution in [2.45, 2.75) is 19.1 Å². The summed E-state index contributed by atoms with van der Waals surface area (Å²) < 4.78 is 1.31. The highest BCUT2D eigenvalue weighted by Crippen LogP contribution is 2.29. The Labute approximate surface area is 121 Å². The maximum absolute atomic E-state index is 9.99. The van der Waals surface area contributed by atoms with E-state index < -0.39 is 0 Å². The van der Waals surface area contributed by atoms with Crippen LogP contribution in [0.15, 0.2) is 30.3 Å². The van der Waals surface area contributed by atoms with Crippen LogP contribution in [0.3, 0.4) is 0 Å². The fourth-order valence-electron chi connectivity index (χ4n) is 2.03. The molecule has 0 aliphatic heterocycles. The number of hydrogen-bond acceptors (Lipinski definition) is 5. The molecule has 2 heterocycles. The summed E-state index contributed by atoms with van der Waals surface area (Å²) in [6.45, 7) is 3.79. The van der Waals surface area contributed by atoms with E-state index in [0.717, 1.165) is 5.56 Å². The van der Waals surface area contributed by atoms with Crippen LogP contribution in [-0.4, -0.2) is 24.7 Å². The Bertz CT molecular complexity index is 767. The predicted octanol–water partition coefficient (Wildman–Crippen LogP) is 2.47. The third-order valence-electron chi connectivity index (χ3n) is 3.09. The van der Waals surface area contributed by atoms with Crippen molar-refractivity contribution in [1.82, 2.24) is 19.6 Å². The van der Waals surface area contributed by atoms with E-state index in [-0.39, 0.29) is 11.1 Å². The Morgan fingerprint density at radius 1 is 1.15 bits per heavy atom. The fourth-order valence-corrected chi connectivity index (χ4v) is 2.34. The van der Waals surface area contributed by atoms with Gasteiger partial charge in [0.2, 0.25) is 5.88 Å². The molecule has 102 valence electrons. The molecule has 1 aromatic carbocycles. The lowest BCUT2D eigenvalue weighted by molar-refractivity contribution is 0.433. The highest BCUT2D eigenvalue weighted by molar-refractivity contribution is 7.80. The van der Waals surface area contributed by atoms with Crippen molar-refractivity contribution in [2.24, 2.45) is 0 Å². The summed E-state index contributed by atoms with van der Waals surface area (Å²) in [6, 6.07) is 9.63. The van der Waals surface area contributed by atoms with Crippen LogP contribution in [-0.2, 0) is 0 Å². The Morgan fingerprint density at radius 2 is 1.85 bits per heavy atom. The Kier molecular flexibility index (Phi) is 3.10. The molecule has 0 spiro atoms. The van der Waals surface area contributed by atoms with E-state index in [1.807, 2.05) is 31.2 Å². The Balaban J connectivity index is 2.07. The molecule has 0 fully saturated rings. The van der Waals surface area contributed by atoms with Crippen molar-refractivity contribution in [2.75, 3.05) is 0 Å². The minimum absolute atomic E-state index is 0.0109. The second-order valence-corrected chi connectivity index (χ2v) is 5.24. The summed E-state index contributed by atoms with van der Waals surface area (Å²) in [6.07, 6.45) is 0. The first kappa shape index (κ1) is 12.9. The van der Waals surface area contributed by atoms with Gasteiger partial charge in [-0.05, 0) is 19.4 Å². The van der Waals surface area contributed by atoms with Crippen LogP contribution in [0.5, 0.6) is 5.88 Å². The van der Waals surface area contributed by atoms with Crippen LogP contribution in [0.4, 0.5) is 0 Å². The minimum atomic E-state index is -0.219. The molecule has 5 nitrogen and oxygen atoms in total. The Morgan fingerprint density at radius 3 is 2.55 bits per heavy atom. The van der Waals surface area contributed by atoms with Crippen LogP contribution in [0.2, 0.25) is 0 Å². The first-order chi connectivity index (χ1) is 9.54. The van der Waals surface area contributed by atoms with Crippen molar-refractivity contribution < 1.29 is 5.11 Å². The number of fused-ring (bicyclic) bond motifs is 1. The summed E-state index contributed by atoms with van der Waals surface area (Å²) >= 11 is 4.59. The second kappa shape index (κ2) is 4.79. The number of aromatic hydroxyl groups is 1. The SMILES string of the molecule is Cc1ccc(C(S)c2cc(O)n3nc(C)nc3n2)cc1. The quantitative estimate of drug-likeness (QED) is 0.710. The molecule has 0 saturated carbocycles. The van der Waals surface area contributed by atoms with E-state index in [0.29, 0.717) is 17.3 Å². The molecule has 0 bridgehead atoms. The van der Waals surface area contributed by atoms with Gasteiger partial charge in [0.05, 0.1) is 10.9 Å². The first-order valence-corrected chi connectivity index (χ1v) is 6.74. The number of aryl methyl sites for hydroxylation is 2. The fraction of sp³-hybridized carbons (Fsp3) is 0.214. The number of hydrogen-bond donors (Lipinski definition) is 2. The summed E-state index contributed by atoms with van der Waals surface area (Å²) in [5, 5.41) is 13.8. The van der Waals surface area contributed by atoms with E-state index in [2.05, 4.69) is 27.7 Å². The smallest absolute Gasteiger partial charge is 0.255 e. The van der Waals surface area contributed by atoms with Crippen LogP contribution >= 0.6 is 12.6 Å². The average molecular weight is 286 g/mol. The maximum atomic E-state index is 9.99. The largest absolute Gasteiger partial charge is 0.493 e. The highest BCUT2D eigenvalue weighted by atomic mass is 32.1. The number of benzene rings is 1. The summed E-state index contributed by atoms with van der Waals surface area (Å²) in [5.41, 5.74) is 2.86. The molecule has 0 aliphatic rings. The second-order valence-electron chi connectivity index (χ2n) is 4.72. The van der Waals surface area contributed by atoms with Crippen molar-refractivity contribution in [1.29, 1.82) is 0 Å². The van der Waals surface area contributed by atoms with Gasteiger partial charge >= 0.3 is 0 Å². The molecule has 1 N–H and O–H groups in total. The van der Waals surface area contributed by atoms with Gasteiger partial charge in [0.25, 0.3) is 5.78 Å². The molecular weight excluding hydrogens is 272 g/mol. The van der Waals surface area contributed by atoms with Gasteiger partial charge in [0, 0.05) is 6.07 Å². The summed E-state index contributed by atoms with van der Waals surface area (Å²) in [5.74, 6) is 0.955. The average Bonchev–Trinajstić information content (AvgIpc) is 2.80. The molecule has 0 aliphatic carbocycles. The third-order valence-corrected chi connectivity index (χ3v) is 3.65. The molecule has 2 aromatic heterocycles. The first-order valence-electron chi connectivity index (χ1n) is 6.22. The van der Waals surface area contributed by atoms with Gasteiger partial charge in [0.1, 0.15) is 5.82 Å². The lowest BCUT2D eigenvalue weighted by Gasteiger charge is -2.11. The van der Waals surface area contributed by atoms with Gasteiger partial charge in [-0.1, -0.05) is 29.8 Å².